The maximum Gasteiger partial charge on any atom is 0.321 e. The quantitative estimate of drug-likeness (QED) is 0.721. The van der Waals surface area contributed by atoms with E-state index in [1.54, 1.807) is 19.4 Å². The van der Waals surface area contributed by atoms with Crippen LogP contribution in [-0.4, -0.2) is 24.9 Å². The molecule has 2 amide bonds. The van der Waals surface area contributed by atoms with E-state index in [2.05, 4.69) is 25.0 Å². The Morgan fingerprint density at radius 2 is 2.17 bits per heavy atom. The van der Waals surface area contributed by atoms with Crippen molar-refractivity contribution in [2.75, 3.05) is 5.32 Å². The lowest BCUT2D eigenvalue weighted by atomic mass is 10.0. The molecule has 7 nitrogen and oxygen atoms in total. The van der Waals surface area contributed by atoms with Crippen molar-refractivity contribution in [2.24, 2.45) is 0 Å². The van der Waals surface area contributed by atoms with E-state index in [1.165, 1.54) is 11.5 Å². The first-order valence-corrected chi connectivity index (χ1v) is 8.36. The van der Waals surface area contributed by atoms with E-state index in [0.717, 1.165) is 18.5 Å². The largest absolute Gasteiger partial charge is 0.337 e. The summed E-state index contributed by atoms with van der Waals surface area (Å²) in [6.07, 6.45) is 6.18. The van der Waals surface area contributed by atoms with Gasteiger partial charge in [0.1, 0.15) is 5.82 Å². The Bertz CT molecular complexity index is 771. The van der Waals surface area contributed by atoms with Gasteiger partial charge in [0.15, 0.2) is 0 Å². The normalized spacial score (nSPS) is 11.9. The Morgan fingerprint density at radius 3 is 2.83 bits per heavy atom. The molecular formula is C16H18N6OS. The SMILES string of the molecule is Cc1nsc(NC(=O)N[C@@H](CCn2ccnc2)c2ccccc2)n1. The number of hydrogen-bond donors (Lipinski definition) is 2. The van der Waals surface area contributed by atoms with E-state index in [0.29, 0.717) is 11.0 Å². The first-order chi connectivity index (χ1) is 11.7. The lowest BCUT2D eigenvalue weighted by Crippen LogP contribution is -2.33. The zero-order chi connectivity index (χ0) is 16.8. The molecule has 0 spiro atoms. The van der Waals surface area contributed by atoms with E-state index in [1.807, 2.05) is 41.1 Å². The van der Waals surface area contributed by atoms with Crippen LogP contribution in [0, 0.1) is 6.92 Å². The van der Waals surface area contributed by atoms with E-state index in [4.69, 9.17) is 0 Å². The Labute approximate surface area is 143 Å². The van der Waals surface area contributed by atoms with Gasteiger partial charge >= 0.3 is 6.03 Å². The summed E-state index contributed by atoms with van der Waals surface area (Å²) < 4.78 is 6.04. The molecule has 0 fully saturated rings. The number of aromatic nitrogens is 4. The number of carbonyl (C=O) groups is 1. The molecule has 2 N–H and O–H groups in total. The molecule has 8 heteroatoms. The minimum Gasteiger partial charge on any atom is -0.337 e. The molecule has 0 saturated heterocycles. The molecule has 0 aliphatic heterocycles. The highest BCUT2D eigenvalue weighted by Gasteiger charge is 2.15. The highest BCUT2D eigenvalue weighted by Crippen LogP contribution is 2.18. The van der Waals surface area contributed by atoms with Gasteiger partial charge in [-0.2, -0.15) is 4.37 Å². The molecule has 0 bridgehead atoms. The standard InChI is InChI=1S/C16H18N6OS/c1-12-18-16(24-21-12)20-15(23)19-14(13-5-3-2-4-6-13)7-9-22-10-8-17-11-22/h2-6,8,10-11,14H,7,9H2,1H3,(H2,18,19,20,21,23)/t14-/m0/s1. The second-order valence-electron chi connectivity index (χ2n) is 5.30. The molecule has 2 heterocycles. The van der Waals surface area contributed by atoms with E-state index >= 15 is 0 Å². The molecule has 124 valence electrons. The fraction of sp³-hybridized carbons (Fsp3) is 0.250. The van der Waals surface area contributed by atoms with Crippen molar-refractivity contribution in [1.82, 2.24) is 24.2 Å². The van der Waals surface area contributed by atoms with Crippen LogP contribution < -0.4 is 10.6 Å². The third-order valence-corrected chi connectivity index (χ3v) is 4.21. The molecular weight excluding hydrogens is 324 g/mol. The second-order valence-corrected chi connectivity index (χ2v) is 6.05. The first kappa shape index (κ1) is 16.1. The van der Waals surface area contributed by atoms with Gasteiger partial charge in [0, 0.05) is 30.5 Å². The average Bonchev–Trinajstić information content (AvgIpc) is 3.24. The van der Waals surface area contributed by atoms with Crippen molar-refractivity contribution in [3.05, 3.63) is 60.4 Å². The third kappa shape index (κ3) is 4.39. The van der Waals surface area contributed by atoms with E-state index < -0.39 is 0 Å². The molecule has 1 atom stereocenters. The van der Waals surface area contributed by atoms with E-state index in [-0.39, 0.29) is 12.1 Å². The minimum atomic E-state index is -0.286. The third-order valence-electron chi connectivity index (χ3n) is 3.49. The van der Waals surface area contributed by atoms with Gasteiger partial charge in [-0.05, 0) is 18.9 Å². The Kier molecular flexibility index (Phi) is 5.17. The van der Waals surface area contributed by atoms with Gasteiger partial charge in [-0.1, -0.05) is 30.3 Å². The molecule has 0 unspecified atom stereocenters. The summed E-state index contributed by atoms with van der Waals surface area (Å²) in [7, 11) is 0. The Balaban J connectivity index is 1.65. The smallest absolute Gasteiger partial charge is 0.321 e. The van der Waals surface area contributed by atoms with Crippen molar-refractivity contribution >= 4 is 22.7 Å². The average molecular weight is 342 g/mol. The van der Waals surface area contributed by atoms with Crippen molar-refractivity contribution in [1.29, 1.82) is 0 Å². The van der Waals surface area contributed by atoms with Crippen molar-refractivity contribution < 1.29 is 4.79 Å². The number of benzene rings is 1. The number of aryl methyl sites for hydroxylation is 2. The molecule has 0 radical (unpaired) electrons. The van der Waals surface area contributed by atoms with Crippen LogP contribution >= 0.6 is 11.5 Å². The summed E-state index contributed by atoms with van der Waals surface area (Å²) in [5.41, 5.74) is 1.06. The number of anilines is 1. The lowest BCUT2D eigenvalue weighted by molar-refractivity contribution is 0.247. The second kappa shape index (κ2) is 7.69. The monoisotopic (exact) mass is 342 g/mol. The number of imidazole rings is 1. The summed E-state index contributed by atoms with van der Waals surface area (Å²) >= 11 is 1.17. The number of rotatable bonds is 6. The predicted molar refractivity (Wildman–Crippen MR) is 92.8 cm³/mol. The van der Waals surface area contributed by atoms with Gasteiger partial charge in [0.25, 0.3) is 0 Å². The van der Waals surface area contributed by atoms with Gasteiger partial charge in [-0.25, -0.2) is 14.8 Å². The molecule has 1 aromatic carbocycles. The van der Waals surface area contributed by atoms with E-state index in [9.17, 15) is 4.79 Å². The fourth-order valence-electron chi connectivity index (χ4n) is 2.34. The van der Waals surface area contributed by atoms with Crippen molar-refractivity contribution in [3.8, 4) is 0 Å². The number of urea groups is 1. The Hall–Kier alpha value is -2.74. The van der Waals surface area contributed by atoms with Gasteiger partial charge in [0.2, 0.25) is 5.13 Å². The van der Waals surface area contributed by atoms with Crippen molar-refractivity contribution in [3.63, 3.8) is 0 Å². The van der Waals surface area contributed by atoms with Crippen LogP contribution in [0.5, 0.6) is 0 Å². The van der Waals surface area contributed by atoms with Crippen LogP contribution in [0.1, 0.15) is 23.9 Å². The van der Waals surface area contributed by atoms with Crippen LogP contribution in [0.25, 0.3) is 0 Å². The Morgan fingerprint density at radius 1 is 1.33 bits per heavy atom. The van der Waals surface area contributed by atoms with Crippen LogP contribution in [0.15, 0.2) is 49.1 Å². The molecule has 2 aromatic heterocycles. The van der Waals surface area contributed by atoms with Gasteiger partial charge < -0.3 is 9.88 Å². The number of carbonyl (C=O) groups excluding carboxylic acids is 1. The summed E-state index contributed by atoms with van der Waals surface area (Å²) in [6, 6.07) is 9.51. The number of nitrogens with one attached hydrogen (secondary N) is 2. The number of hydrogen-bond acceptors (Lipinski definition) is 5. The molecule has 3 aromatic rings. The first-order valence-electron chi connectivity index (χ1n) is 7.59. The summed E-state index contributed by atoms with van der Waals surface area (Å²) in [5, 5.41) is 6.23. The topological polar surface area (TPSA) is 84.7 Å². The number of nitrogens with zero attached hydrogens (tertiary/aromatic N) is 4. The van der Waals surface area contributed by atoms with Crippen LogP contribution in [0.3, 0.4) is 0 Å². The molecule has 0 saturated carbocycles. The summed E-state index contributed by atoms with van der Waals surface area (Å²) in [5.74, 6) is 0.648. The van der Waals surface area contributed by atoms with Crippen molar-refractivity contribution in [2.45, 2.75) is 25.9 Å². The summed E-state index contributed by atoms with van der Waals surface area (Å²) in [4.78, 5) is 20.4. The minimum absolute atomic E-state index is 0.109. The van der Waals surface area contributed by atoms with Gasteiger partial charge in [-0.15, -0.1) is 0 Å². The highest BCUT2D eigenvalue weighted by atomic mass is 32.1. The molecule has 3 rings (SSSR count). The number of amides is 2. The maximum absolute atomic E-state index is 12.3. The molecule has 0 aliphatic carbocycles. The van der Waals surface area contributed by atoms with Crippen LogP contribution in [-0.2, 0) is 6.54 Å². The van der Waals surface area contributed by atoms with Gasteiger partial charge in [0.05, 0.1) is 12.4 Å². The fourth-order valence-corrected chi connectivity index (χ4v) is 2.91. The zero-order valence-corrected chi connectivity index (χ0v) is 14.0. The maximum atomic E-state index is 12.3. The summed E-state index contributed by atoms with van der Waals surface area (Å²) in [6.45, 7) is 2.55. The molecule has 24 heavy (non-hydrogen) atoms. The lowest BCUT2D eigenvalue weighted by Gasteiger charge is -2.19. The van der Waals surface area contributed by atoms with Gasteiger partial charge in [-0.3, -0.25) is 5.32 Å². The van der Waals surface area contributed by atoms with Crippen LogP contribution in [0.4, 0.5) is 9.93 Å². The highest BCUT2D eigenvalue weighted by molar-refractivity contribution is 7.09. The predicted octanol–water partition coefficient (Wildman–Crippen LogP) is 3.00. The zero-order valence-electron chi connectivity index (χ0n) is 13.2. The molecule has 0 aliphatic rings. The van der Waals surface area contributed by atoms with Crippen LogP contribution in [0.2, 0.25) is 0 Å².